The van der Waals surface area contributed by atoms with Crippen molar-refractivity contribution in [2.24, 2.45) is 0 Å². The zero-order valence-corrected chi connectivity index (χ0v) is 17.8. The second-order valence-electron chi connectivity index (χ2n) is 7.52. The fourth-order valence-corrected chi connectivity index (χ4v) is 3.54. The molecule has 0 aliphatic heterocycles. The zero-order valence-electron chi connectivity index (χ0n) is 17.8. The molecule has 4 aromatic rings. The Balaban J connectivity index is 1.75. The molecule has 0 radical (unpaired) electrons. The van der Waals surface area contributed by atoms with E-state index < -0.39 is 5.82 Å². The maximum atomic E-state index is 14.8. The fourth-order valence-electron chi connectivity index (χ4n) is 3.54. The van der Waals surface area contributed by atoms with Gasteiger partial charge < -0.3 is 10.5 Å². The van der Waals surface area contributed by atoms with Gasteiger partial charge in [-0.25, -0.2) is 9.37 Å². The van der Waals surface area contributed by atoms with Crippen LogP contribution in [0.3, 0.4) is 0 Å². The number of halogens is 1. The molecule has 0 spiro atoms. The van der Waals surface area contributed by atoms with Gasteiger partial charge in [-0.05, 0) is 36.6 Å². The lowest BCUT2D eigenvalue weighted by atomic mass is 10.1. The van der Waals surface area contributed by atoms with Crippen molar-refractivity contribution in [1.82, 2.24) is 9.55 Å². The van der Waals surface area contributed by atoms with Crippen molar-refractivity contribution in [3.8, 4) is 17.1 Å². The molecule has 32 heavy (non-hydrogen) atoms. The summed E-state index contributed by atoms with van der Waals surface area (Å²) in [6, 6.07) is 24.0. The molecule has 0 atom stereocenters. The zero-order chi connectivity index (χ0) is 22.5. The average molecular weight is 429 g/mol. The number of aryl methyl sites for hydroxylation is 2. The third-order valence-electron chi connectivity index (χ3n) is 5.30. The lowest BCUT2D eigenvalue weighted by Crippen LogP contribution is -2.28. The van der Waals surface area contributed by atoms with Crippen LogP contribution in [-0.2, 0) is 19.6 Å². The van der Waals surface area contributed by atoms with E-state index in [9.17, 15) is 9.18 Å². The molecule has 4 rings (SSSR count). The van der Waals surface area contributed by atoms with Crippen molar-refractivity contribution in [3.05, 3.63) is 112 Å². The largest absolute Gasteiger partial charge is 0.485 e. The fraction of sp³-hybridized carbons (Fsp3) is 0.154. The molecule has 1 heterocycles. The number of nitrogens with zero attached hydrogens (tertiary/aromatic N) is 2. The van der Waals surface area contributed by atoms with Crippen LogP contribution in [0.1, 0.15) is 16.8 Å². The second kappa shape index (κ2) is 9.47. The Morgan fingerprint density at radius 3 is 2.28 bits per heavy atom. The summed E-state index contributed by atoms with van der Waals surface area (Å²) in [6.07, 6.45) is 0.605. The smallest absolute Gasteiger partial charge is 0.277 e. The van der Waals surface area contributed by atoms with Crippen molar-refractivity contribution in [2.45, 2.75) is 26.5 Å². The summed E-state index contributed by atoms with van der Waals surface area (Å²) in [5.74, 6) is -0.127. The Morgan fingerprint density at radius 2 is 1.59 bits per heavy atom. The molecule has 162 valence electrons. The first-order valence-electron chi connectivity index (χ1n) is 10.4. The van der Waals surface area contributed by atoms with E-state index in [-0.39, 0.29) is 23.6 Å². The second-order valence-corrected chi connectivity index (χ2v) is 7.52. The molecule has 0 aliphatic rings. The van der Waals surface area contributed by atoms with Crippen LogP contribution in [0.15, 0.2) is 83.7 Å². The lowest BCUT2D eigenvalue weighted by molar-refractivity contribution is 0.291. The molecular weight excluding hydrogens is 405 g/mol. The van der Waals surface area contributed by atoms with Gasteiger partial charge in [-0.1, -0.05) is 66.7 Å². The number of anilines is 1. The third-order valence-corrected chi connectivity index (χ3v) is 5.30. The predicted molar refractivity (Wildman–Crippen MR) is 124 cm³/mol. The topological polar surface area (TPSA) is 70.1 Å². The summed E-state index contributed by atoms with van der Waals surface area (Å²) < 4.78 is 22.2. The monoisotopic (exact) mass is 429 g/mol. The van der Waals surface area contributed by atoms with E-state index in [2.05, 4.69) is 4.98 Å². The maximum absolute atomic E-state index is 14.8. The van der Waals surface area contributed by atoms with Crippen molar-refractivity contribution in [2.75, 3.05) is 5.73 Å². The number of nitrogen functional groups attached to an aromatic ring is 1. The number of hydrogen-bond donors (Lipinski definition) is 1. The molecule has 0 aliphatic carbocycles. The van der Waals surface area contributed by atoms with E-state index in [1.54, 1.807) is 19.1 Å². The molecule has 6 heteroatoms. The van der Waals surface area contributed by atoms with Gasteiger partial charge in [-0.3, -0.25) is 9.36 Å². The minimum absolute atomic E-state index is 0.0564. The Labute approximate surface area is 185 Å². The summed E-state index contributed by atoms with van der Waals surface area (Å²) in [7, 11) is 0. The number of para-hydroxylation sites is 1. The van der Waals surface area contributed by atoms with E-state index in [0.717, 1.165) is 11.1 Å². The Bertz CT molecular complexity index is 1270. The summed E-state index contributed by atoms with van der Waals surface area (Å²) >= 11 is 0. The number of benzene rings is 3. The van der Waals surface area contributed by atoms with Gasteiger partial charge in [0.2, 0.25) is 0 Å². The van der Waals surface area contributed by atoms with E-state index >= 15 is 0 Å². The molecule has 0 fully saturated rings. The van der Waals surface area contributed by atoms with Gasteiger partial charge in [0.1, 0.15) is 18.1 Å². The Morgan fingerprint density at radius 1 is 0.938 bits per heavy atom. The summed E-state index contributed by atoms with van der Waals surface area (Å²) in [5, 5.41) is 0. The lowest BCUT2D eigenvalue weighted by Gasteiger charge is -2.18. The van der Waals surface area contributed by atoms with Crippen LogP contribution in [0.2, 0.25) is 0 Å². The summed E-state index contributed by atoms with van der Waals surface area (Å²) in [5.41, 5.74) is 8.54. The van der Waals surface area contributed by atoms with Crippen LogP contribution >= 0.6 is 0 Å². The van der Waals surface area contributed by atoms with E-state index in [0.29, 0.717) is 30.0 Å². The number of ether oxygens (including phenoxy) is 1. The van der Waals surface area contributed by atoms with Gasteiger partial charge in [0, 0.05) is 6.54 Å². The SMILES string of the molecule is Cc1nc(-c2cccc(F)c2OCc2ccccc2)n(CCc2ccccc2)c(=O)c1N. The highest BCUT2D eigenvalue weighted by atomic mass is 19.1. The van der Waals surface area contributed by atoms with Crippen LogP contribution in [0.25, 0.3) is 11.4 Å². The van der Waals surface area contributed by atoms with Crippen molar-refractivity contribution in [3.63, 3.8) is 0 Å². The molecule has 1 aromatic heterocycles. The number of rotatable bonds is 7. The predicted octanol–water partition coefficient (Wildman–Crippen LogP) is 4.76. The van der Waals surface area contributed by atoms with E-state index in [1.807, 2.05) is 60.7 Å². The molecule has 3 aromatic carbocycles. The summed E-state index contributed by atoms with van der Waals surface area (Å²) in [4.78, 5) is 17.6. The highest BCUT2D eigenvalue weighted by molar-refractivity contribution is 5.66. The molecular formula is C26H24FN3O2. The standard InChI is InChI=1S/C26H24FN3O2/c1-18-23(28)26(31)30(16-15-19-9-4-2-5-10-19)25(29-18)21-13-8-14-22(27)24(21)32-17-20-11-6-3-7-12-20/h2-14H,15-17,28H2,1H3. The number of aromatic nitrogens is 2. The van der Waals surface area contributed by atoms with Crippen molar-refractivity contribution < 1.29 is 9.13 Å². The minimum Gasteiger partial charge on any atom is -0.485 e. The average Bonchev–Trinajstić information content (AvgIpc) is 2.82. The minimum atomic E-state index is -0.517. The first-order chi connectivity index (χ1) is 15.5. The number of nitrogens with two attached hydrogens (primary N) is 1. The number of hydrogen-bond acceptors (Lipinski definition) is 4. The van der Waals surface area contributed by atoms with Crippen molar-refractivity contribution in [1.29, 1.82) is 0 Å². The molecule has 0 saturated heterocycles. The highest BCUT2D eigenvalue weighted by Crippen LogP contribution is 2.32. The van der Waals surface area contributed by atoms with Gasteiger partial charge in [-0.15, -0.1) is 0 Å². The first kappa shape index (κ1) is 21.3. The molecule has 2 N–H and O–H groups in total. The van der Waals surface area contributed by atoms with Gasteiger partial charge in [0.15, 0.2) is 11.6 Å². The normalized spacial score (nSPS) is 10.8. The molecule has 0 saturated carbocycles. The van der Waals surface area contributed by atoms with Gasteiger partial charge in [0.25, 0.3) is 5.56 Å². The van der Waals surface area contributed by atoms with Gasteiger partial charge >= 0.3 is 0 Å². The van der Waals surface area contributed by atoms with Crippen LogP contribution in [0, 0.1) is 12.7 Å². The van der Waals surface area contributed by atoms with Gasteiger partial charge in [-0.2, -0.15) is 0 Å². The van der Waals surface area contributed by atoms with Crippen LogP contribution in [-0.4, -0.2) is 9.55 Å². The maximum Gasteiger partial charge on any atom is 0.277 e. The molecule has 0 unspecified atom stereocenters. The third kappa shape index (κ3) is 4.54. The molecule has 0 bridgehead atoms. The van der Waals surface area contributed by atoms with Crippen LogP contribution < -0.4 is 16.0 Å². The highest BCUT2D eigenvalue weighted by Gasteiger charge is 2.20. The van der Waals surface area contributed by atoms with Crippen LogP contribution in [0.5, 0.6) is 5.75 Å². The Kier molecular flexibility index (Phi) is 6.31. The molecule has 5 nitrogen and oxygen atoms in total. The van der Waals surface area contributed by atoms with Crippen LogP contribution in [0.4, 0.5) is 10.1 Å². The van der Waals surface area contributed by atoms with Crippen molar-refractivity contribution >= 4 is 5.69 Å². The van der Waals surface area contributed by atoms with E-state index in [1.165, 1.54) is 10.6 Å². The Hall–Kier alpha value is -3.93. The molecule has 0 amide bonds. The van der Waals surface area contributed by atoms with E-state index in [4.69, 9.17) is 10.5 Å². The summed E-state index contributed by atoms with van der Waals surface area (Å²) in [6.45, 7) is 2.22. The quantitative estimate of drug-likeness (QED) is 0.460. The first-order valence-corrected chi connectivity index (χ1v) is 10.4. The van der Waals surface area contributed by atoms with Gasteiger partial charge in [0.05, 0.1) is 11.3 Å².